The zero-order valence-corrected chi connectivity index (χ0v) is 11.9. The lowest BCUT2D eigenvalue weighted by atomic mass is 10.2. The predicted octanol–water partition coefficient (Wildman–Crippen LogP) is 3.09. The maximum absolute atomic E-state index is 5.78. The van der Waals surface area contributed by atoms with Crippen LogP contribution in [0.15, 0.2) is 28.1 Å². The Morgan fingerprint density at radius 1 is 1.35 bits per heavy atom. The molecule has 3 N–H and O–H groups in total. The summed E-state index contributed by atoms with van der Waals surface area (Å²) in [5.74, 6) is 0. The summed E-state index contributed by atoms with van der Waals surface area (Å²) in [5.41, 5.74) is 8.81. The van der Waals surface area contributed by atoms with E-state index < -0.39 is 0 Å². The van der Waals surface area contributed by atoms with Gasteiger partial charge in [-0.3, -0.25) is 0 Å². The summed E-state index contributed by atoms with van der Waals surface area (Å²) in [6.07, 6.45) is 0. The minimum atomic E-state index is 0.779. The molecule has 0 fully saturated rings. The van der Waals surface area contributed by atoms with E-state index >= 15 is 0 Å². The number of nitrogens with two attached hydrogens (primary N) is 1. The molecule has 0 spiro atoms. The van der Waals surface area contributed by atoms with Crippen molar-refractivity contribution >= 4 is 33.0 Å². The summed E-state index contributed by atoms with van der Waals surface area (Å²) >= 11 is 5.12. The van der Waals surface area contributed by atoms with Gasteiger partial charge < -0.3 is 11.1 Å². The van der Waals surface area contributed by atoms with Gasteiger partial charge in [0.15, 0.2) is 0 Å². The van der Waals surface area contributed by atoms with Gasteiger partial charge in [-0.25, -0.2) is 4.98 Å². The zero-order chi connectivity index (χ0) is 12.3. The van der Waals surface area contributed by atoms with Crippen LogP contribution in [0.2, 0.25) is 0 Å². The van der Waals surface area contributed by atoms with E-state index in [1.807, 2.05) is 19.1 Å². The van der Waals surface area contributed by atoms with Crippen molar-refractivity contribution in [3.05, 3.63) is 44.3 Å². The Kier molecular flexibility index (Phi) is 4.15. The highest BCUT2D eigenvalue weighted by molar-refractivity contribution is 9.10. The summed E-state index contributed by atoms with van der Waals surface area (Å²) < 4.78 is 1.01. The molecule has 0 unspecified atom stereocenters. The van der Waals surface area contributed by atoms with Gasteiger partial charge >= 0.3 is 0 Å². The first-order chi connectivity index (χ1) is 8.13. The molecule has 17 heavy (non-hydrogen) atoms. The molecule has 1 aromatic carbocycles. The quantitative estimate of drug-likeness (QED) is 0.853. The van der Waals surface area contributed by atoms with Gasteiger partial charge in [-0.05, 0) is 30.7 Å². The molecule has 0 saturated heterocycles. The number of rotatable bonds is 4. The lowest BCUT2D eigenvalue weighted by Gasteiger charge is -2.05. The van der Waals surface area contributed by atoms with Crippen LogP contribution in [0.3, 0.4) is 0 Å². The molecule has 0 bridgehead atoms. The second-order valence-corrected chi connectivity index (χ2v) is 5.74. The van der Waals surface area contributed by atoms with Crippen molar-refractivity contribution < 1.29 is 0 Å². The lowest BCUT2D eigenvalue weighted by Crippen LogP contribution is -2.12. The Bertz CT molecular complexity index is 490. The highest BCUT2D eigenvalue weighted by Gasteiger charge is 2.00. The van der Waals surface area contributed by atoms with Crippen LogP contribution in [0.5, 0.6) is 0 Å². The van der Waals surface area contributed by atoms with Gasteiger partial charge in [0.25, 0.3) is 0 Å². The number of anilines is 1. The highest BCUT2D eigenvalue weighted by Crippen LogP contribution is 2.17. The Morgan fingerprint density at radius 3 is 2.82 bits per heavy atom. The Hall–Kier alpha value is -0.910. The van der Waals surface area contributed by atoms with Gasteiger partial charge in [0.2, 0.25) is 0 Å². The minimum absolute atomic E-state index is 0.779. The number of benzene rings is 1. The number of aryl methyl sites for hydroxylation is 1. The highest BCUT2D eigenvalue weighted by atomic mass is 79.9. The summed E-state index contributed by atoms with van der Waals surface area (Å²) in [4.78, 5) is 4.40. The van der Waals surface area contributed by atoms with E-state index in [0.29, 0.717) is 0 Å². The van der Waals surface area contributed by atoms with Crippen LogP contribution in [0, 0.1) is 6.92 Å². The molecular weight excluding hydrogens is 298 g/mol. The number of hydrogen-bond acceptors (Lipinski definition) is 4. The van der Waals surface area contributed by atoms with Crippen molar-refractivity contribution in [2.75, 3.05) is 5.73 Å². The van der Waals surface area contributed by atoms with Crippen LogP contribution in [0.4, 0.5) is 5.69 Å². The fourth-order valence-corrected chi connectivity index (χ4v) is 2.87. The number of halogens is 1. The van der Waals surface area contributed by atoms with E-state index in [-0.39, 0.29) is 0 Å². The number of nitrogens with zero attached hydrogens (tertiary/aromatic N) is 1. The Morgan fingerprint density at radius 2 is 2.18 bits per heavy atom. The summed E-state index contributed by atoms with van der Waals surface area (Å²) in [5, 5.41) is 6.54. The summed E-state index contributed by atoms with van der Waals surface area (Å²) in [6, 6.07) is 5.94. The average molecular weight is 312 g/mol. The smallest absolute Gasteiger partial charge is 0.107 e. The molecule has 0 atom stereocenters. The Labute approximate surface area is 113 Å². The Balaban J connectivity index is 1.89. The fourth-order valence-electron chi connectivity index (χ4n) is 1.58. The molecule has 1 aromatic heterocycles. The van der Waals surface area contributed by atoms with E-state index in [9.17, 15) is 0 Å². The van der Waals surface area contributed by atoms with Crippen LogP contribution >= 0.6 is 27.3 Å². The number of nitrogens with one attached hydrogen (secondary N) is 1. The largest absolute Gasteiger partial charge is 0.399 e. The third-order valence-corrected chi connectivity index (χ3v) is 3.68. The SMILES string of the molecule is Cc1csc(CNCc2cc(N)cc(Br)c2)n1. The van der Waals surface area contributed by atoms with Gasteiger partial charge in [0, 0.05) is 34.3 Å². The first kappa shape index (κ1) is 12.5. The van der Waals surface area contributed by atoms with E-state index in [1.165, 1.54) is 5.56 Å². The maximum atomic E-state index is 5.78. The maximum Gasteiger partial charge on any atom is 0.107 e. The monoisotopic (exact) mass is 311 g/mol. The number of aromatic nitrogens is 1. The number of nitrogen functional groups attached to an aromatic ring is 1. The van der Waals surface area contributed by atoms with Crippen LogP contribution in [0.1, 0.15) is 16.3 Å². The standard InChI is InChI=1S/C12H14BrN3S/c1-8-7-17-12(16-8)6-15-5-9-2-10(13)4-11(14)3-9/h2-4,7,15H,5-6,14H2,1H3. The molecule has 0 aliphatic rings. The van der Waals surface area contributed by atoms with Crippen molar-refractivity contribution in [2.24, 2.45) is 0 Å². The van der Waals surface area contributed by atoms with E-state index in [1.54, 1.807) is 11.3 Å². The molecule has 90 valence electrons. The lowest BCUT2D eigenvalue weighted by molar-refractivity contribution is 0.689. The molecule has 1 heterocycles. The fraction of sp³-hybridized carbons (Fsp3) is 0.250. The van der Waals surface area contributed by atoms with Gasteiger partial charge in [0.1, 0.15) is 5.01 Å². The van der Waals surface area contributed by atoms with Gasteiger partial charge in [-0.15, -0.1) is 11.3 Å². The van der Waals surface area contributed by atoms with Crippen molar-refractivity contribution in [1.29, 1.82) is 0 Å². The minimum Gasteiger partial charge on any atom is -0.399 e. The van der Waals surface area contributed by atoms with Gasteiger partial charge in [-0.1, -0.05) is 15.9 Å². The number of thiazole rings is 1. The van der Waals surface area contributed by atoms with Crippen molar-refractivity contribution in [3.63, 3.8) is 0 Å². The second kappa shape index (κ2) is 5.62. The molecule has 2 rings (SSSR count). The van der Waals surface area contributed by atoms with Gasteiger partial charge in [-0.2, -0.15) is 0 Å². The third-order valence-electron chi connectivity index (χ3n) is 2.25. The van der Waals surface area contributed by atoms with Crippen LogP contribution in [0.25, 0.3) is 0 Å². The molecule has 2 aromatic rings. The average Bonchev–Trinajstić information content (AvgIpc) is 2.63. The second-order valence-electron chi connectivity index (χ2n) is 3.88. The number of hydrogen-bond donors (Lipinski definition) is 2. The summed E-state index contributed by atoms with van der Waals surface area (Å²) in [6.45, 7) is 3.60. The third kappa shape index (κ3) is 3.80. The first-order valence-corrected chi connectivity index (χ1v) is 6.97. The topological polar surface area (TPSA) is 50.9 Å². The molecular formula is C12H14BrN3S. The summed E-state index contributed by atoms with van der Waals surface area (Å²) in [7, 11) is 0. The molecule has 0 aliphatic heterocycles. The van der Waals surface area contributed by atoms with E-state index in [0.717, 1.165) is 34.0 Å². The van der Waals surface area contributed by atoms with E-state index in [4.69, 9.17) is 5.73 Å². The molecule has 0 saturated carbocycles. The van der Waals surface area contributed by atoms with Crippen molar-refractivity contribution in [1.82, 2.24) is 10.3 Å². The van der Waals surface area contributed by atoms with Crippen LogP contribution in [-0.2, 0) is 13.1 Å². The molecule has 3 nitrogen and oxygen atoms in total. The van der Waals surface area contributed by atoms with Crippen LogP contribution in [-0.4, -0.2) is 4.98 Å². The zero-order valence-electron chi connectivity index (χ0n) is 9.53. The first-order valence-electron chi connectivity index (χ1n) is 5.30. The predicted molar refractivity (Wildman–Crippen MR) is 75.9 cm³/mol. The van der Waals surface area contributed by atoms with Gasteiger partial charge in [0.05, 0.1) is 0 Å². The van der Waals surface area contributed by atoms with Crippen molar-refractivity contribution in [2.45, 2.75) is 20.0 Å². The molecule has 0 amide bonds. The van der Waals surface area contributed by atoms with E-state index in [2.05, 4.69) is 37.7 Å². The molecule has 0 radical (unpaired) electrons. The molecule has 5 heteroatoms. The van der Waals surface area contributed by atoms with Crippen molar-refractivity contribution in [3.8, 4) is 0 Å². The molecule has 0 aliphatic carbocycles. The van der Waals surface area contributed by atoms with Crippen LogP contribution < -0.4 is 11.1 Å². The normalized spacial score (nSPS) is 10.7.